The third-order valence-electron chi connectivity index (χ3n) is 4.97. The van der Waals surface area contributed by atoms with Gasteiger partial charge in [-0.25, -0.2) is 0 Å². The average molecular weight is 239 g/mol. The first-order valence-corrected chi connectivity index (χ1v) is 7.60. The summed E-state index contributed by atoms with van der Waals surface area (Å²) >= 11 is 0. The van der Waals surface area contributed by atoms with Gasteiger partial charge in [-0.2, -0.15) is 0 Å². The SMILES string of the molecule is CCC(C)CC(N)C1CCC(C(C)(C)C)CC1. The van der Waals surface area contributed by atoms with Crippen LogP contribution >= 0.6 is 0 Å². The normalized spacial score (nSPS) is 30.0. The zero-order valence-corrected chi connectivity index (χ0v) is 12.6. The zero-order valence-electron chi connectivity index (χ0n) is 12.6. The number of hydrogen-bond donors (Lipinski definition) is 1. The van der Waals surface area contributed by atoms with E-state index in [9.17, 15) is 0 Å². The molecule has 0 aliphatic heterocycles. The highest BCUT2D eigenvalue weighted by molar-refractivity contribution is 4.85. The first kappa shape index (κ1) is 15.0. The highest BCUT2D eigenvalue weighted by Crippen LogP contribution is 2.41. The van der Waals surface area contributed by atoms with Gasteiger partial charge in [-0.1, -0.05) is 41.0 Å². The van der Waals surface area contributed by atoms with E-state index in [-0.39, 0.29) is 0 Å². The molecule has 102 valence electrons. The molecule has 2 N–H and O–H groups in total. The van der Waals surface area contributed by atoms with Crippen LogP contribution in [0.1, 0.15) is 73.1 Å². The summed E-state index contributed by atoms with van der Waals surface area (Å²) in [7, 11) is 0. The Labute approximate surface area is 109 Å². The van der Waals surface area contributed by atoms with E-state index in [4.69, 9.17) is 5.73 Å². The molecule has 1 rings (SSSR count). The molecule has 1 aliphatic carbocycles. The van der Waals surface area contributed by atoms with Gasteiger partial charge in [0.15, 0.2) is 0 Å². The van der Waals surface area contributed by atoms with Gasteiger partial charge in [-0.3, -0.25) is 0 Å². The maximum atomic E-state index is 6.38. The Balaban J connectivity index is 2.36. The van der Waals surface area contributed by atoms with Gasteiger partial charge in [0.1, 0.15) is 0 Å². The molecule has 0 bridgehead atoms. The van der Waals surface area contributed by atoms with E-state index in [2.05, 4.69) is 34.6 Å². The predicted octanol–water partition coefficient (Wildman–Crippen LogP) is 4.60. The molecule has 17 heavy (non-hydrogen) atoms. The Bertz CT molecular complexity index is 208. The minimum atomic E-state index is 0.450. The van der Waals surface area contributed by atoms with E-state index in [0.717, 1.165) is 17.8 Å². The van der Waals surface area contributed by atoms with Crippen molar-refractivity contribution in [2.45, 2.75) is 79.2 Å². The fraction of sp³-hybridized carbons (Fsp3) is 1.00. The third kappa shape index (κ3) is 4.62. The molecule has 0 radical (unpaired) electrons. The maximum Gasteiger partial charge on any atom is 0.00696 e. The summed E-state index contributed by atoms with van der Waals surface area (Å²) in [5.41, 5.74) is 6.87. The summed E-state index contributed by atoms with van der Waals surface area (Å²) in [5.74, 6) is 2.50. The summed E-state index contributed by atoms with van der Waals surface area (Å²) in [6.07, 6.45) is 8.00. The van der Waals surface area contributed by atoms with Crippen LogP contribution in [-0.4, -0.2) is 6.04 Å². The average Bonchev–Trinajstić information content (AvgIpc) is 2.27. The molecule has 0 heterocycles. The Kier molecular flexibility index (Phi) is 5.50. The van der Waals surface area contributed by atoms with Crippen molar-refractivity contribution in [3.05, 3.63) is 0 Å². The molecule has 0 spiro atoms. The molecule has 0 amide bonds. The minimum Gasteiger partial charge on any atom is -0.327 e. The molecule has 1 fully saturated rings. The number of nitrogens with two attached hydrogens (primary N) is 1. The summed E-state index contributed by atoms with van der Waals surface area (Å²) < 4.78 is 0. The van der Waals surface area contributed by atoms with Crippen LogP contribution in [0.3, 0.4) is 0 Å². The Morgan fingerprint density at radius 2 is 1.65 bits per heavy atom. The molecule has 1 aliphatic rings. The second-order valence-electron chi connectivity index (χ2n) is 7.39. The molecule has 2 atom stereocenters. The van der Waals surface area contributed by atoms with E-state index in [1.165, 1.54) is 38.5 Å². The summed E-state index contributed by atoms with van der Waals surface area (Å²) in [6.45, 7) is 11.8. The molecule has 0 saturated heterocycles. The van der Waals surface area contributed by atoms with Crippen molar-refractivity contribution in [3.63, 3.8) is 0 Å². The van der Waals surface area contributed by atoms with Crippen LogP contribution in [0.15, 0.2) is 0 Å². The predicted molar refractivity (Wildman–Crippen MR) is 77.0 cm³/mol. The summed E-state index contributed by atoms with van der Waals surface area (Å²) in [4.78, 5) is 0. The van der Waals surface area contributed by atoms with Gasteiger partial charge >= 0.3 is 0 Å². The van der Waals surface area contributed by atoms with Crippen LogP contribution in [0.4, 0.5) is 0 Å². The van der Waals surface area contributed by atoms with Gasteiger partial charge < -0.3 is 5.73 Å². The fourth-order valence-corrected chi connectivity index (χ4v) is 3.24. The monoisotopic (exact) mass is 239 g/mol. The van der Waals surface area contributed by atoms with Crippen LogP contribution in [0.25, 0.3) is 0 Å². The van der Waals surface area contributed by atoms with E-state index in [0.29, 0.717) is 11.5 Å². The fourth-order valence-electron chi connectivity index (χ4n) is 3.24. The van der Waals surface area contributed by atoms with Gasteiger partial charge in [-0.05, 0) is 55.3 Å². The van der Waals surface area contributed by atoms with Gasteiger partial charge in [0, 0.05) is 6.04 Å². The molecule has 1 heteroatoms. The smallest absolute Gasteiger partial charge is 0.00696 e. The van der Waals surface area contributed by atoms with Gasteiger partial charge in [0.25, 0.3) is 0 Å². The quantitative estimate of drug-likeness (QED) is 0.762. The second-order valence-corrected chi connectivity index (χ2v) is 7.39. The van der Waals surface area contributed by atoms with Crippen molar-refractivity contribution < 1.29 is 0 Å². The molecule has 0 aromatic carbocycles. The highest BCUT2D eigenvalue weighted by atomic mass is 14.7. The van der Waals surface area contributed by atoms with Crippen LogP contribution in [0, 0.1) is 23.2 Å². The number of hydrogen-bond acceptors (Lipinski definition) is 1. The molecular weight excluding hydrogens is 206 g/mol. The lowest BCUT2D eigenvalue weighted by molar-refractivity contribution is 0.135. The summed E-state index contributed by atoms with van der Waals surface area (Å²) in [6, 6.07) is 0.450. The van der Waals surface area contributed by atoms with Gasteiger partial charge in [-0.15, -0.1) is 0 Å². The number of rotatable bonds is 4. The molecule has 0 aromatic rings. The lowest BCUT2D eigenvalue weighted by Crippen LogP contribution is -2.36. The maximum absolute atomic E-state index is 6.38. The first-order chi connectivity index (χ1) is 7.84. The lowest BCUT2D eigenvalue weighted by atomic mass is 9.68. The van der Waals surface area contributed by atoms with Crippen molar-refractivity contribution in [3.8, 4) is 0 Å². The van der Waals surface area contributed by atoms with E-state index in [1.807, 2.05) is 0 Å². The zero-order chi connectivity index (χ0) is 13.1. The molecule has 2 unspecified atom stereocenters. The standard InChI is InChI=1S/C16H33N/c1-6-12(2)11-15(17)13-7-9-14(10-8-13)16(3,4)5/h12-15H,6-11,17H2,1-5H3. The van der Waals surface area contributed by atoms with Gasteiger partial charge in [0.05, 0.1) is 0 Å². The Hall–Kier alpha value is -0.0400. The third-order valence-corrected chi connectivity index (χ3v) is 4.97. The Morgan fingerprint density at radius 1 is 1.12 bits per heavy atom. The van der Waals surface area contributed by atoms with E-state index < -0.39 is 0 Å². The topological polar surface area (TPSA) is 26.0 Å². The Morgan fingerprint density at radius 3 is 2.06 bits per heavy atom. The van der Waals surface area contributed by atoms with Crippen molar-refractivity contribution >= 4 is 0 Å². The molecule has 0 aromatic heterocycles. The van der Waals surface area contributed by atoms with Gasteiger partial charge in [0.2, 0.25) is 0 Å². The molecule has 1 nitrogen and oxygen atoms in total. The van der Waals surface area contributed by atoms with Crippen LogP contribution in [0.2, 0.25) is 0 Å². The van der Waals surface area contributed by atoms with Crippen molar-refractivity contribution in [2.24, 2.45) is 28.9 Å². The minimum absolute atomic E-state index is 0.450. The van der Waals surface area contributed by atoms with E-state index in [1.54, 1.807) is 0 Å². The highest BCUT2D eigenvalue weighted by Gasteiger charge is 2.31. The van der Waals surface area contributed by atoms with Crippen molar-refractivity contribution in [1.29, 1.82) is 0 Å². The van der Waals surface area contributed by atoms with Crippen molar-refractivity contribution in [2.75, 3.05) is 0 Å². The van der Waals surface area contributed by atoms with Crippen LogP contribution in [0.5, 0.6) is 0 Å². The van der Waals surface area contributed by atoms with Crippen LogP contribution in [-0.2, 0) is 0 Å². The lowest BCUT2D eigenvalue weighted by Gasteiger charge is -2.39. The molecule has 1 saturated carbocycles. The first-order valence-electron chi connectivity index (χ1n) is 7.60. The summed E-state index contributed by atoms with van der Waals surface area (Å²) in [5, 5.41) is 0. The van der Waals surface area contributed by atoms with E-state index >= 15 is 0 Å². The largest absolute Gasteiger partial charge is 0.327 e. The molecular formula is C16H33N. The second kappa shape index (κ2) is 6.22. The van der Waals surface area contributed by atoms with Crippen molar-refractivity contribution in [1.82, 2.24) is 0 Å². The van der Waals surface area contributed by atoms with Crippen LogP contribution < -0.4 is 5.73 Å².